The van der Waals surface area contributed by atoms with Crippen LogP contribution in [0.4, 0.5) is 0 Å². The summed E-state index contributed by atoms with van der Waals surface area (Å²) in [6, 6.07) is 2.19. The Bertz CT molecular complexity index is 127. The number of rotatable bonds is 1. The van der Waals surface area contributed by atoms with E-state index in [2.05, 4.69) is 6.07 Å². The van der Waals surface area contributed by atoms with Crippen LogP contribution in [0.5, 0.6) is 0 Å². The maximum absolute atomic E-state index is 10.3. The van der Waals surface area contributed by atoms with Crippen LogP contribution in [0.15, 0.2) is 0 Å². The highest BCUT2D eigenvalue weighted by Crippen LogP contribution is 2.29. The molecular formula is C7H10NO. The first-order chi connectivity index (χ1) is 4.36. The summed E-state index contributed by atoms with van der Waals surface area (Å²) in [5, 5.41) is 18.7. The van der Waals surface area contributed by atoms with Gasteiger partial charge >= 0.3 is 0 Å². The van der Waals surface area contributed by atoms with Crippen LogP contribution in [-0.4, -0.2) is 6.61 Å². The average Bonchev–Trinajstić information content (AvgIpc) is 2.34. The van der Waals surface area contributed by atoms with Crippen LogP contribution in [-0.2, 0) is 5.11 Å². The van der Waals surface area contributed by atoms with Crippen molar-refractivity contribution in [2.45, 2.75) is 19.3 Å². The van der Waals surface area contributed by atoms with Gasteiger partial charge in [-0.15, -0.1) is 0 Å². The quantitative estimate of drug-likeness (QED) is 0.520. The number of nitriles is 1. The van der Waals surface area contributed by atoms with Gasteiger partial charge in [0.25, 0.3) is 0 Å². The van der Waals surface area contributed by atoms with Crippen molar-refractivity contribution in [2.24, 2.45) is 11.8 Å². The predicted molar refractivity (Wildman–Crippen MR) is 32.0 cm³/mol. The van der Waals surface area contributed by atoms with Gasteiger partial charge in [0.2, 0.25) is 0 Å². The highest BCUT2D eigenvalue weighted by atomic mass is 16.3. The predicted octanol–water partition coefficient (Wildman–Crippen LogP) is 1.36. The van der Waals surface area contributed by atoms with Crippen molar-refractivity contribution < 1.29 is 5.11 Å². The van der Waals surface area contributed by atoms with Crippen molar-refractivity contribution in [1.29, 1.82) is 5.26 Å². The van der Waals surface area contributed by atoms with Crippen LogP contribution < -0.4 is 0 Å². The molecule has 0 amide bonds. The Kier molecular flexibility index (Phi) is 2.07. The first kappa shape index (κ1) is 6.57. The van der Waals surface area contributed by atoms with Crippen LogP contribution in [0.2, 0.25) is 0 Å². The maximum atomic E-state index is 10.3. The minimum Gasteiger partial charge on any atom is -0.236 e. The standard InChI is InChI=1S/C7H10NO/c8-4-6-1-2-7(3-6)5-9/h6-7H,1-3,5H2. The smallest absolute Gasteiger partial charge is 0.0850 e. The van der Waals surface area contributed by atoms with Gasteiger partial charge in [-0.3, -0.25) is 0 Å². The van der Waals surface area contributed by atoms with Crippen LogP contribution in [0.25, 0.3) is 0 Å². The van der Waals surface area contributed by atoms with E-state index in [-0.39, 0.29) is 12.5 Å². The molecule has 1 rings (SSSR count). The maximum Gasteiger partial charge on any atom is 0.0850 e. The van der Waals surface area contributed by atoms with E-state index in [9.17, 15) is 5.11 Å². The zero-order valence-corrected chi connectivity index (χ0v) is 5.34. The molecule has 1 aliphatic carbocycles. The molecule has 0 heterocycles. The molecule has 9 heavy (non-hydrogen) atoms. The summed E-state index contributed by atoms with van der Waals surface area (Å²) < 4.78 is 0. The van der Waals surface area contributed by atoms with E-state index < -0.39 is 0 Å². The zero-order chi connectivity index (χ0) is 6.69. The molecule has 0 aliphatic heterocycles. The summed E-state index contributed by atoms with van der Waals surface area (Å²) in [7, 11) is 0. The second-order valence-corrected chi connectivity index (χ2v) is 2.67. The summed E-state index contributed by atoms with van der Waals surface area (Å²) in [5.41, 5.74) is 0. The lowest BCUT2D eigenvalue weighted by Crippen LogP contribution is -1.98. The summed E-state index contributed by atoms with van der Waals surface area (Å²) in [5.74, 6) is 0.485. The molecule has 0 spiro atoms. The van der Waals surface area contributed by atoms with E-state index >= 15 is 0 Å². The molecule has 2 nitrogen and oxygen atoms in total. The van der Waals surface area contributed by atoms with Gasteiger partial charge in [-0.25, -0.2) is 5.11 Å². The molecular weight excluding hydrogens is 114 g/mol. The van der Waals surface area contributed by atoms with E-state index in [0.29, 0.717) is 5.92 Å². The average molecular weight is 124 g/mol. The lowest BCUT2D eigenvalue weighted by Gasteiger charge is -1.98. The molecule has 0 N–H and O–H groups in total. The molecule has 2 heteroatoms. The summed E-state index contributed by atoms with van der Waals surface area (Å²) >= 11 is 0. The number of hydrogen-bond acceptors (Lipinski definition) is 1. The number of hydrogen-bond donors (Lipinski definition) is 0. The van der Waals surface area contributed by atoms with Crippen molar-refractivity contribution in [3.63, 3.8) is 0 Å². The van der Waals surface area contributed by atoms with Gasteiger partial charge < -0.3 is 0 Å². The minimum absolute atomic E-state index is 0.0121. The molecule has 0 aromatic heterocycles. The minimum atomic E-state index is 0.0121. The summed E-state index contributed by atoms with van der Waals surface area (Å²) in [4.78, 5) is 0. The molecule has 0 aromatic rings. The SMILES string of the molecule is N#CC1CCC(C[O])C1. The van der Waals surface area contributed by atoms with Crippen molar-refractivity contribution in [1.82, 2.24) is 0 Å². The van der Waals surface area contributed by atoms with Gasteiger partial charge in [-0.2, -0.15) is 5.26 Å². The van der Waals surface area contributed by atoms with Gasteiger partial charge in [0.1, 0.15) is 0 Å². The molecule has 1 radical (unpaired) electrons. The van der Waals surface area contributed by atoms with Gasteiger partial charge in [0, 0.05) is 5.92 Å². The van der Waals surface area contributed by atoms with Gasteiger partial charge in [-0.05, 0) is 25.2 Å². The lowest BCUT2D eigenvalue weighted by molar-refractivity contribution is 0.145. The van der Waals surface area contributed by atoms with Gasteiger partial charge in [0.15, 0.2) is 0 Å². The molecule has 49 valence electrons. The third kappa shape index (κ3) is 1.43. The molecule has 0 aromatic carbocycles. The third-order valence-electron chi connectivity index (χ3n) is 1.96. The van der Waals surface area contributed by atoms with Crippen LogP contribution >= 0.6 is 0 Å². The lowest BCUT2D eigenvalue weighted by atomic mass is 10.1. The Labute approximate surface area is 55.1 Å². The topological polar surface area (TPSA) is 43.7 Å². The van der Waals surface area contributed by atoms with Crippen LogP contribution in [0.1, 0.15) is 19.3 Å². The van der Waals surface area contributed by atoms with Crippen molar-refractivity contribution in [3.8, 4) is 6.07 Å². The van der Waals surface area contributed by atoms with Gasteiger partial charge in [-0.1, -0.05) is 0 Å². The Balaban J connectivity index is 2.31. The van der Waals surface area contributed by atoms with Crippen LogP contribution in [0, 0.1) is 23.2 Å². The molecule has 1 aliphatic rings. The van der Waals surface area contributed by atoms with E-state index in [0.717, 1.165) is 19.3 Å². The fourth-order valence-corrected chi connectivity index (χ4v) is 1.34. The number of nitrogens with zero attached hydrogens (tertiary/aromatic N) is 1. The summed E-state index contributed by atoms with van der Waals surface area (Å²) in [6.45, 7) is 0.0121. The van der Waals surface area contributed by atoms with E-state index in [4.69, 9.17) is 5.26 Å². The second kappa shape index (κ2) is 2.84. The fraction of sp³-hybridized carbons (Fsp3) is 0.857. The Hall–Kier alpha value is -0.550. The van der Waals surface area contributed by atoms with Gasteiger partial charge in [0.05, 0.1) is 12.7 Å². The Morgan fingerprint density at radius 1 is 1.56 bits per heavy atom. The molecule has 1 fully saturated rings. The molecule has 1 saturated carbocycles. The normalized spacial score (nSPS) is 34.2. The van der Waals surface area contributed by atoms with E-state index in [1.807, 2.05) is 0 Å². The molecule has 2 atom stereocenters. The summed E-state index contributed by atoms with van der Waals surface area (Å²) in [6.07, 6.45) is 2.77. The first-order valence-electron chi connectivity index (χ1n) is 3.34. The highest BCUT2D eigenvalue weighted by Gasteiger charge is 2.23. The molecule has 2 unspecified atom stereocenters. The second-order valence-electron chi connectivity index (χ2n) is 2.67. The monoisotopic (exact) mass is 124 g/mol. The van der Waals surface area contributed by atoms with Crippen molar-refractivity contribution in [3.05, 3.63) is 0 Å². The van der Waals surface area contributed by atoms with Crippen LogP contribution in [0.3, 0.4) is 0 Å². The molecule has 0 saturated heterocycles. The van der Waals surface area contributed by atoms with Crippen molar-refractivity contribution in [2.75, 3.05) is 6.61 Å². The zero-order valence-electron chi connectivity index (χ0n) is 5.34. The third-order valence-corrected chi connectivity index (χ3v) is 1.96. The molecule has 0 bridgehead atoms. The van der Waals surface area contributed by atoms with Crippen molar-refractivity contribution >= 4 is 0 Å². The largest absolute Gasteiger partial charge is 0.236 e. The van der Waals surface area contributed by atoms with E-state index in [1.54, 1.807) is 0 Å². The fourth-order valence-electron chi connectivity index (χ4n) is 1.34. The first-order valence-corrected chi connectivity index (χ1v) is 3.34. The highest BCUT2D eigenvalue weighted by molar-refractivity contribution is 4.89. The Morgan fingerprint density at radius 3 is 2.67 bits per heavy atom. The van der Waals surface area contributed by atoms with E-state index in [1.165, 1.54) is 0 Å². The Morgan fingerprint density at radius 2 is 2.33 bits per heavy atom.